The van der Waals surface area contributed by atoms with Crippen molar-refractivity contribution in [2.24, 2.45) is 0 Å². The molecule has 1 aromatic rings. The van der Waals surface area contributed by atoms with Crippen molar-refractivity contribution < 1.29 is 14.2 Å². The Morgan fingerprint density at radius 3 is 0.767 bits per heavy atom. The van der Waals surface area contributed by atoms with Crippen LogP contribution in [0.5, 0.6) is 17.2 Å². The van der Waals surface area contributed by atoms with Crippen LogP contribution in [-0.2, 0) is 0 Å². The van der Waals surface area contributed by atoms with E-state index in [0.29, 0.717) is 33.9 Å². The van der Waals surface area contributed by atoms with Gasteiger partial charge < -0.3 is 14.2 Å². The maximum atomic E-state index is 5.82. The second-order valence-electron chi connectivity index (χ2n) is 10.2. The van der Waals surface area contributed by atoms with Crippen LogP contribution in [-0.4, -0.2) is 45.6 Å². The van der Waals surface area contributed by atoms with Crippen molar-refractivity contribution >= 4 is 24.2 Å². The lowest BCUT2D eigenvalue weighted by atomic mass is 10.0. The molecule has 0 aliphatic heterocycles. The first-order valence-corrected chi connectivity index (χ1v) is 20.6. The normalized spacial score (nSPS) is 11.2. The molecule has 0 saturated heterocycles. The van der Waals surface area contributed by atoms with Crippen LogP contribution in [0.25, 0.3) is 0 Å². The summed E-state index contributed by atoms with van der Waals surface area (Å²) in [5.41, 5.74) is 12.4. The summed E-state index contributed by atoms with van der Waals surface area (Å²) < 4.78 is 17.5. The van der Waals surface area contributed by atoms with Gasteiger partial charge in [-0.15, -0.1) is 16.6 Å². The zero-order valence-electron chi connectivity index (χ0n) is 20.7. The summed E-state index contributed by atoms with van der Waals surface area (Å²) >= 11 is 0. The molecule has 1 rings (SSSR count). The van der Waals surface area contributed by atoms with E-state index in [1.165, 1.54) is 0 Å². The predicted molar refractivity (Wildman–Crippen MR) is 137 cm³/mol. The Labute approximate surface area is 186 Å². The Morgan fingerprint density at radius 2 is 0.633 bits per heavy atom. The van der Waals surface area contributed by atoms with Gasteiger partial charge in [-0.1, -0.05) is 76.7 Å². The number of benzene rings is 1. The Morgan fingerprint density at radius 1 is 0.433 bits per heavy atom. The summed E-state index contributed by atoms with van der Waals surface area (Å²) in [6, 6.07) is 0. The topological polar surface area (TPSA) is 27.7 Å². The highest BCUT2D eigenvalue weighted by molar-refractivity contribution is 6.84. The largest absolute Gasteiger partial charge is 0.494 e. The molecule has 3 nitrogen and oxygen atoms in total. The van der Waals surface area contributed by atoms with Crippen molar-refractivity contribution in [3.05, 3.63) is 16.7 Å². The van der Waals surface area contributed by atoms with Gasteiger partial charge in [-0.25, -0.2) is 0 Å². The van der Waals surface area contributed by atoms with Crippen molar-refractivity contribution in [1.82, 2.24) is 0 Å². The number of hydrogen-bond donors (Lipinski definition) is 0. The maximum absolute atomic E-state index is 5.82. The fourth-order valence-electron chi connectivity index (χ4n) is 2.39. The number of hydrogen-bond acceptors (Lipinski definition) is 3. The zero-order valence-corrected chi connectivity index (χ0v) is 23.7. The lowest BCUT2D eigenvalue weighted by Crippen LogP contribution is -2.17. The SMILES string of the molecule is COc1c(C#C[Si](C)(C)C)c(OC)c(C#C[Si](C)(C)C)c(OC)c1C#C[Si](C)(C)C. The first-order valence-electron chi connectivity index (χ1n) is 10.1. The Kier molecular flexibility index (Phi) is 8.52. The van der Waals surface area contributed by atoms with Crippen LogP contribution in [0.3, 0.4) is 0 Å². The molecule has 0 aliphatic carbocycles. The van der Waals surface area contributed by atoms with Gasteiger partial charge in [0.05, 0.1) is 21.3 Å². The summed E-state index contributed by atoms with van der Waals surface area (Å²) in [6.45, 7) is 19.9. The Bertz CT molecular complexity index is 822. The van der Waals surface area contributed by atoms with Gasteiger partial charge in [0.25, 0.3) is 0 Å². The second-order valence-corrected chi connectivity index (χ2v) is 24.5. The lowest BCUT2D eigenvalue weighted by Gasteiger charge is -2.18. The summed E-state index contributed by atoms with van der Waals surface area (Å²) in [4.78, 5) is 0. The first kappa shape index (κ1) is 26.0. The maximum Gasteiger partial charge on any atom is 0.157 e. The number of rotatable bonds is 3. The highest BCUT2D eigenvalue weighted by Gasteiger charge is 2.25. The summed E-state index contributed by atoms with van der Waals surface area (Å²) in [7, 11) is 0.0397. The van der Waals surface area contributed by atoms with Crippen LogP contribution >= 0.6 is 0 Å². The molecule has 0 amide bonds. The molecule has 6 heteroatoms. The number of methoxy groups -OCH3 is 3. The molecule has 0 saturated carbocycles. The van der Waals surface area contributed by atoms with Gasteiger partial charge in [0.2, 0.25) is 0 Å². The van der Waals surface area contributed by atoms with E-state index in [1.54, 1.807) is 21.3 Å². The monoisotopic (exact) mass is 456 g/mol. The molecular weight excluding hydrogens is 421 g/mol. The Hall–Kier alpha value is -2.05. The molecule has 0 unspecified atom stereocenters. The summed E-state index contributed by atoms with van der Waals surface area (Å²) in [5, 5.41) is 0. The van der Waals surface area contributed by atoms with E-state index in [1.807, 2.05) is 0 Å². The minimum atomic E-state index is -1.63. The molecule has 0 aromatic heterocycles. The van der Waals surface area contributed by atoms with Crippen molar-refractivity contribution in [2.45, 2.75) is 58.9 Å². The molecule has 0 bridgehead atoms. The van der Waals surface area contributed by atoms with E-state index in [4.69, 9.17) is 14.2 Å². The van der Waals surface area contributed by atoms with Gasteiger partial charge >= 0.3 is 0 Å². The van der Waals surface area contributed by atoms with Crippen molar-refractivity contribution in [1.29, 1.82) is 0 Å². The molecular formula is C24H36O3Si3. The van der Waals surface area contributed by atoms with Crippen LogP contribution in [0.4, 0.5) is 0 Å². The summed E-state index contributed by atoms with van der Waals surface area (Å²) in [6.07, 6.45) is 0. The third-order valence-corrected chi connectivity index (χ3v) is 6.29. The second kappa shape index (κ2) is 9.84. The first-order chi connectivity index (χ1) is 13.6. The highest BCUT2D eigenvalue weighted by Crippen LogP contribution is 2.42. The smallest absolute Gasteiger partial charge is 0.157 e. The number of ether oxygens (including phenoxy) is 3. The molecule has 162 valence electrons. The van der Waals surface area contributed by atoms with Crippen molar-refractivity contribution in [2.75, 3.05) is 21.3 Å². The van der Waals surface area contributed by atoms with E-state index in [0.717, 1.165) is 0 Å². The van der Waals surface area contributed by atoms with E-state index in [9.17, 15) is 0 Å². The van der Waals surface area contributed by atoms with Crippen LogP contribution < -0.4 is 14.2 Å². The molecule has 30 heavy (non-hydrogen) atoms. The van der Waals surface area contributed by atoms with Crippen LogP contribution in [0.1, 0.15) is 16.7 Å². The quantitative estimate of drug-likeness (QED) is 0.450. The molecule has 0 fully saturated rings. The van der Waals surface area contributed by atoms with Crippen molar-refractivity contribution in [3.8, 4) is 51.6 Å². The minimum absolute atomic E-state index is 0.596. The zero-order chi connectivity index (χ0) is 23.3. The average Bonchev–Trinajstić information content (AvgIpc) is 2.59. The van der Waals surface area contributed by atoms with E-state index >= 15 is 0 Å². The van der Waals surface area contributed by atoms with Gasteiger partial charge in [0, 0.05) is 0 Å². The van der Waals surface area contributed by atoms with Gasteiger partial charge in [0.15, 0.2) is 17.2 Å². The third kappa shape index (κ3) is 7.65. The summed E-state index contributed by atoms with van der Waals surface area (Å²) in [5.74, 6) is 11.8. The highest BCUT2D eigenvalue weighted by atomic mass is 28.3. The van der Waals surface area contributed by atoms with Gasteiger partial charge in [-0.3, -0.25) is 0 Å². The minimum Gasteiger partial charge on any atom is -0.494 e. The van der Waals surface area contributed by atoms with Gasteiger partial charge in [-0.05, 0) is 0 Å². The van der Waals surface area contributed by atoms with Gasteiger partial charge in [0.1, 0.15) is 40.9 Å². The van der Waals surface area contributed by atoms with Crippen LogP contribution in [0.15, 0.2) is 0 Å². The van der Waals surface area contributed by atoms with Crippen LogP contribution in [0, 0.1) is 34.4 Å². The molecule has 0 N–H and O–H groups in total. The molecule has 0 heterocycles. The van der Waals surface area contributed by atoms with E-state index in [-0.39, 0.29) is 0 Å². The molecule has 0 spiro atoms. The van der Waals surface area contributed by atoms with Crippen molar-refractivity contribution in [3.63, 3.8) is 0 Å². The fraction of sp³-hybridized carbons (Fsp3) is 0.500. The molecule has 1 aromatic carbocycles. The van der Waals surface area contributed by atoms with Crippen LogP contribution in [0.2, 0.25) is 58.9 Å². The fourth-order valence-corrected chi connectivity index (χ4v) is 3.89. The van der Waals surface area contributed by atoms with E-state index < -0.39 is 24.2 Å². The molecule has 0 radical (unpaired) electrons. The average molecular weight is 457 g/mol. The predicted octanol–water partition coefficient (Wildman–Crippen LogP) is 5.40. The molecule has 0 atom stereocenters. The third-order valence-electron chi connectivity index (χ3n) is 3.66. The Balaban J connectivity index is 4.19. The standard InChI is InChI=1S/C24H36O3Si3/c1-25-22-19(13-16-28(4,5)6)23(26-2)21(15-18-30(10,11)12)24(27-3)20(22)14-17-29(7,8)9/h1-12H3. The van der Waals surface area contributed by atoms with E-state index in [2.05, 4.69) is 93.3 Å². The lowest BCUT2D eigenvalue weighted by molar-refractivity contribution is 0.370. The molecule has 0 aliphatic rings. The van der Waals surface area contributed by atoms with Gasteiger partial charge in [-0.2, -0.15) is 0 Å².